The van der Waals surface area contributed by atoms with E-state index in [1.54, 1.807) is 0 Å². The van der Waals surface area contributed by atoms with Crippen LogP contribution in [-0.4, -0.2) is 38.5 Å². The third kappa shape index (κ3) is 3.72. The van der Waals surface area contributed by atoms with Crippen molar-refractivity contribution < 1.29 is 9.47 Å². The fraction of sp³-hybridized carbons (Fsp3) is 1.00. The Labute approximate surface area is 98.9 Å². The van der Waals surface area contributed by atoms with E-state index in [-0.39, 0.29) is 6.10 Å². The average molecular weight is 227 g/mol. The zero-order valence-corrected chi connectivity index (χ0v) is 10.4. The molecule has 3 atom stereocenters. The first kappa shape index (κ1) is 12.3. The number of rotatable bonds is 4. The Morgan fingerprint density at radius 2 is 2.19 bits per heavy atom. The molecular formula is C13H25NO2. The van der Waals surface area contributed by atoms with E-state index >= 15 is 0 Å². The molecule has 1 aliphatic carbocycles. The van der Waals surface area contributed by atoms with Crippen LogP contribution in [0.1, 0.15) is 39.0 Å². The predicted molar refractivity (Wildman–Crippen MR) is 64.6 cm³/mol. The molecule has 0 aromatic heterocycles. The van der Waals surface area contributed by atoms with Gasteiger partial charge in [-0.2, -0.15) is 0 Å². The Bertz CT molecular complexity index is 192. The third-order valence-corrected chi connectivity index (χ3v) is 3.88. The zero-order chi connectivity index (χ0) is 11.2. The molecule has 3 unspecified atom stereocenters. The van der Waals surface area contributed by atoms with Crippen molar-refractivity contribution in [2.24, 2.45) is 5.92 Å². The average Bonchev–Trinajstić information content (AvgIpc) is 2.38. The fourth-order valence-corrected chi connectivity index (χ4v) is 2.80. The minimum absolute atomic E-state index is 0.274. The predicted octanol–water partition coefficient (Wildman–Crippen LogP) is 1.96. The molecule has 1 aliphatic heterocycles. The Hall–Kier alpha value is -0.120. The molecule has 1 heterocycles. The first-order chi connectivity index (χ1) is 7.88. The summed E-state index contributed by atoms with van der Waals surface area (Å²) in [6.07, 6.45) is 7.11. The number of nitrogens with one attached hydrogen (secondary N) is 1. The normalized spacial score (nSPS) is 36.2. The highest BCUT2D eigenvalue weighted by atomic mass is 16.6. The summed E-state index contributed by atoms with van der Waals surface area (Å²) in [6.45, 7) is 5.55. The summed E-state index contributed by atoms with van der Waals surface area (Å²) in [5.74, 6) is 0.940. The maximum absolute atomic E-state index is 5.63. The van der Waals surface area contributed by atoms with Gasteiger partial charge in [0.2, 0.25) is 0 Å². The van der Waals surface area contributed by atoms with E-state index in [0.29, 0.717) is 6.04 Å². The number of ether oxygens (including phenoxy) is 2. The van der Waals surface area contributed by atoms with Crippen molar-refractivity contribution in [3.05, 3.63) is 0 Å². The topological polar surface area (TPSA) is 30.5 Å². The number of hydrogen-bond acceptors (Lipinski definition) is 3. The summed E-state index contributed by atoms with van der Waals surface area (Å²) in [5, 5.41) is 3.65. The van der Waals surface area contributed by atoms with E-state index in [1.165, 1.54) is 32.1 Å². The van der Waals surface area contributed by atoms with Crippen molar-refractivity contribution in [3.63, 3.8) is 0 Å². The van der Waals surface area contributed by atoms with E-state index in [9.17, 15) is 0 Å². The third-order valence-electron chi connectivity index (χ3n) is 3.88. The van der Waals surface area contributed by atoms with Gasteiger partial charge in [0, 0.05) is 12.6 Å². The Morgan fingerprint density at radius 3 is 2.94 bits per heavy atom. The van der Waals surface area contributed by atoms with Gasteiger partial charge >= 0.3 is 0 Å². The van der Waals surface area contributed by atoms with E-state index in [1.807, 2.05) is 0 Å². The van der Waals surface area contributed by atoms with Gasteiger partial charge in [-0.15, -0.1) is 0 Å². The van der Waals surface area contributed by atoms with Crippen LogP contribution in [-0.2, 0) is 9.47 Å². The van der Waals surface area contributed by atoms with Gasteiger partial charge in [-0.3, -0.25) is 0 Å². The molecule has 1 saturated heterocycles. The van der Waals surface area contributed by atoms with Crippen LogP contribution in [0.15, 0.2) is 0 Å². The molecule has 0 radical (unpaired) electrons. The standard InChI is InChI=1S/C13H25NO2/c1-2-11-4-3-5-12(8-11)14-9-13-10-15-6-7-16-13/h11-14H,2-10H2,1H3. The van der Waals surface area contributed by atoms with Crippen LogP contribution < -0.4 is 5.32 Å². The van der Waals surface area contributed by atoms with Crippen molar-refractivity contribution in [2.75, 3.05) is 26.4 Å². The summed E-state index contributed by atoms with van der Waals surface area (Å²) in [7, 11) is 0. The monoisotopic (exact) mass is 227 g/mol. The van der Waals surface area contributed by atoms with Crippen LogP contribution in [0.25, 0.3) is 0 Å². The minimum Gasteiger partial charge on any atom is -0.376 e. The summed E-state index contributed by atoms with van der Waals surface area (Å²) in [6, 6.07) is 0.712. The molecule has 1 saturated carbocycles. The van der Waals surface area contributed by atoms with E-state index in [2.05, 4.69) is 12.2 Å². The Balaban J connectivity index is 1.64. The van der Waals surface area contributed by atoms with Gasteiger partial charge in [-0.25, -0.2) is 0 Å². The fourth-order valence-electron chi connectivity index (χ4n) is 2.80. The lowest BCUT2D eigenvalue weighted by Gasteiger charge is -2.31. The van der Waals surface area contributed by atoms with E-state index in [0.717, 1.165) is 32.3 Å². The van der Waals surface area contributed by atoms with Crippen molar-refractivity contribution >= 4 is 0 Å². The lowest BCUT2D eigenvalue weighted by atomic mass is 9.84. The van der Waals surface area contributed by atoms with Gasteiger partial charge in [-0.1, -0.05) is 26.2 Å². The molecule has 2 fully saturated rings. The zero-order valence-electron chi connectivity index (χ0n) is 10.4. The second-order valence-electron chi connectivity index (χ2n) is 5.11. The minimum atomic E-state index is 0.274. The van der Waals surface area contributed by atoms with Crippen LogP contribution >= 0.6 is 0 Å². The Kier molecular flexibility index (Phi) is 5.07. The maximum Gasteiger partial charge on any atom is 0.0933 e. The van der Waals surface area contributed by atoms with Gasteiger partial charge in [-0.05, 0) is 18.8 Å². The molecule has 0 bridgehead atoms. The summed E-state index contributed by atoms with van der Waals surface area (Å²) in [5.41, 5.74) is 0. The Morgan fingerprint density at radius 1 is 1.25 bits per heavy atom. The van der Waals surface area contributed by atoms with E-state index < -0.39 is 0 Å². The highest BCUT2D eigenvalue weighted by Gasteiger charge is 2.22. The van der Waals surface area contributed by atoms with Crippen molar-refractivity contribution in [1.29, 1.82) is 0 Å². The van der Waals surface area contributed by atoms with Gasteiger partial charge in [0.1, 0.15) is 0 Å². The van der Waals surface area contributed by atoms with E-state index in [4.69, 9.17) is 9.47 Å². The van der Waals surface area contributed by atoms with Gasteiger partial charge < -0.3 is 14.8 Å². The van der Waals surface area contributed by atoms with Crippen LogP contribution in [0.5, 0.6) is 0 Å². The molecule has 3 nitrogen and oxygen atoms in total. The highest BCUT2D eigenvalue weighted by molar-refractivity contribution is 4.78. The van der Waals surface area contributed by atoms with Crippen molar-refractivity contribution in [2.45, 2.75) is 51.2 Å². The molecule has 94 valence electrons. The second kappa shape index (κ2) is 6.58. The molecule has 16 heavy (non-hydrogen) atoms. The molecule has 2 aliphatic rings. The lowest BCUT2D eigenvalue weighted by Crippen LogP contribution is -2.43. The van der Waals surface area contributed by atoms with Crippen LogP contribution in [0.4, 0.5) is 0 Å². The molecule has 1 N–H and O–H groups in total. The molecule has 0 spiro atoms. The first-order valence-electron chi connectivity index (χ1n) is 6.81. The molecule has 3 heteroatoms. The second-order valence-corrected chi connectivity index (χ2v) is 5.11. The van der Waals surface area contributed by atoms with Gasteiger partial charge in [0.25, 0.3) is 0 Å². The number of hydrogen-bond donors (Lipinski definition) is 1. The van der Waals surface area contributed by atoms with Crippen LogP contribution in [0.2, 0.25) is 0 Å². The molecule has 0 aromatic carbocycles. The summed E-state index contributed by atoms with van der Waals surface area (Å²) >= 11 is 0. The highest BCUT2D eigenvalue weighted by Crippen LogP contribution is 2.26. The SMILES string of the molecule is CCC1CCCC(NCC2COCCO2)C1. The lowest BCUT2D eigenvalue weighted by molar-refractivity contribution is -0.0874. The molecule has 2 rings (SSSR count). The van der Waals surface area contributed by atoms with Crippen LogP contribution in [0, 0.1) is 5.92 Å². The molecular weight excluding hydrogens is 202 g/mol. The van der Waals surface area contributed by atoms with Crippen molar-refractivity contribution in [3.8, 4) is 0 Å². The summed E-state index contributed by atoms with van der Waals surface area (Å²) < 4.78 is 11.0. The smallest absolute Gasteiger partial charge is 0.0933 e. The largest absolute Gasteiger partial charge is 0.376 e. The van der Waals surface area contributed by atoms with Crippen molar-refractivity contribution in [1.82, 2.24) is 5.32 Å². The maximum atomic E-state index is 5.63. The molecule has 0 aromatic rings. The molecule has 0 amide bonds. The summed E-state index contributed by atoms with van der Waals surface area (Å²) in [4.78, 5) is 0. The quantitative estimate of drug-likeness (QED) is 0.796. The van der Waals surface area contributed by atoms with Crippen LogP contribution in [0.3, 0.4) is 0 Å². The van der Waals surface area contributed by atoms with Gasteiger partial charge in [0.05, 0.1) is 25.9 Å². The van der Waals surface area contributed by atoms with Gasteiger partial charge in [0.15, 0.2) is 0 Å². The first-order valence-corrected chi connectivity index (χ1v) is 6.81.